The maximum absolute atomic E-state index is 12.4. The van der Waals surface area contributed by atoms with Crippen LogP contribution in [0.4, 0.5) is 11.4 Å². The van der Waals surface area contributed by atoms with Gasteiger partial charge in [0.25, 0.3) is 5.69 Å². The minimum atomic E-state index is -0.526. The van der Waals surface area contributed by atoms with Crippen LogP contribution < -0.4 is 10.1 Å². The molecule has 0 saturated carbocycles. The molecular formula is C16H19N3O5. The van der Waals surface area contributed by atoms with Crippen molar-refractivity contribution in [1.82, 2.24) is 4.90 Å². The van der Waals surface area contributed by atoms with Crippen LogP contribution in [-0.4, -0.2) is 35.9 Å². The van der Waals surface area contributed by atoms with Crippen molar-refractivity contribution in [2.24, 2.45) is 0 Å². The molecule has 1 heterocycles. The number of anilines is 1. The Balaban J connectivity index is 2.10. The first kappa shape index (κ1) is 17.5. The van der Waals surface area contributed by atoms with Crippen LogP contribution in [0.1, 0.15) is 12.7 Å². The number of nitrogens with one attached hydrogen (secondary N) is 1. The molecule has 0 aliphatic rings. The minimum Gasteiger partial charge on any atom is -0.495 e. The summed E-state index contributed by atoms with van der Waals surface area (Å²) in [5.41, 5.74) is 0.137. The van der Waals surface area contributed by atoms with Gasteiger partial charge in [-0.1, -0.05) is 0 Å². The number of nitro groups is 1. The fourth-order valence-corrected chi connectivity index (χ4v) is 2.13. The normalized spacial score (nSPS) is 12.0. The zero-order valence-corrected chi connectivity index (χ0v) is 13.7. The van der Waals surface area contributed by atoms with E-state index in [4.69, 9.17) is 9.15 Å². The molecule has 8 nitrogen and oxygen atoms in total. The van der Waals surface area contributed by atoms with Crippen molar-refractivity contribution in [3.8, 4) is 5.75 Å². The zero-order chi connectivity index (χ0) is 17.7. The highest BCUT2D eigenvalue weighted by Gasteiger charge is 2.21. The molecule has 2 rings (SSSR count). The van der Waals surface area contributed by atoms with E-state index in [9.17, 15) is 14.9 Å². The Hall–Kier alpha value is -2.87. The van der Waals surface area contributed by atoms with Crippen molar-refractivity contribution in [2.45, 2.75) is 19.5 Å². The van der Waals surface area contributed by atoms with Gasteiger partial charge in [0, 0.05) is 12.1 Å². The number of benzene rings is 1. The number of carbonyl (C=O) groups is 1. The van der Waals surface area contributed by atoms with Crippen LogP contribution in [0.3, 0.4) is 0 Å². The summed E-state index contributed by atoms with van der Waals surface area (Å²) in [6, 6.07) is 7.17. The predicted octanol–water partition coefficient (Wildman–Crippen LogP) is 2.66. The Bertz CT molecular complexity index is 715. The van der Waals surface area contributed by atoms with Crippen molar-refractivity contribution in [3.05, 3.63) is 52.5 Å². The van der Waals surface area contributed by atoms with Gasteiger partial charge < -0.3 is 14.5 Å². The molecule has 0 bridgehead atoms. The van der Waals surface area contributed by atoms with Crippen LogP contribution in [0, 0.1) is 10.1 Å². The molecule has 1 amide bonds. The van der Waals surface area contributed by atoms with Gasteiger partial charge in [-0.2, -0.15) is 0 Å². The lowest BCUT2D eigenvalue weighted by molar-refractivity contribution is -0.384. The van der Waals surface area contributed by atoms with Crippen LogP contribution in [0.15, 0.2) is 41.0 Å². The third-order valence-corrected chi connectivity index (χ3v) is 3.68. The fraction of sp³-hybridized carbons (Fsp3) is 0.312. The molecule has 1 atom stereocenters. The quantitative estimate of drug-likeness (QED) is 0.618. The number of rotatable bonds is 7. The van der Waals surface area contributed by atoms with Crippen LogP contribution in [0.2, 0.25) is 0 Å². The van der Waals surface area contributed by atoms with E-state index < -0.39 is 11.0 Å². The lowest BCUT2D eigenvalue weighted by atomic mass is 10.2. The highest BCUT2D eigenvalue weighted by Crippen LogP contribution is 2.29. The second-order valence-electron chi connectivity index (χ2n) is 5.30. The van der Waals surface area contributed by atoms with E-state index in [-0.39, 0.29) is 17.3 Å². The molecule has 1 aromatic heterocycles. The number of nitro benzene ring substituents is 1. The van der Waals surface area contributed by atoms with Crippen LogP contribution in [0.5, 0.6) is 5.75 Å². The standard InChI is InChI=1S/C16H19N3O5/c1-11(18(2)10-13-5-4-8-24-13)16(20)17-14-9-12(19(21)22)6-7-15(14)23-3/h4-9,11H,10H2,1-3H3,(H,17,20)/t11-/m1/s1. The smallest absolute Gasteiger partial charge is 0.271 e. The third-order valence-electron chi connectivity index (χ3n) is 3.68. The van der Waals surface area contributed by atoms with Gasteiger partial charge in [0.15, 0.2) is 0 Å². The van der Waals surface area contributed by atoms with Gasteiger partial charge in [-0.25, -0.2) is 0 Å². The van der Waals surface area contributed by atoms with E-state index in [1.165, 1.54) is 25.3 Å². The first-order chi connectivity index (χ1) is 11.4. The molecule has 2 aromatic rings. The molecule has 24 heavy (non-hydrogen) atoms. The summed E-state index contributed by atoms with van der Waals surface area (Å²) in [6.07, 6.45) is 1.57. The number of furan rings is 1. The maximum Gasteiger partial charge on any atom is 0.271 e. The number of likely N-dealkylation sites (N-methyl/N-ethyl adjacent to an activating group) is 1. The molecule has 0 aliphatic carbocycles. The van der Waals surface area contributed by atoms with Crippen molar-refractivity contribution in [3.63, 3.8) is 0 Å². The number of non-ortho nitro benzene ring substituents is 1. The van der Waals surface area contributed by atoms with Crippen molar-refractivity contribution in [2.75, 3.05) is 19.5 Å². The fourth-order valence-electron chi connectivity index (χ4n) is 2.13. The zero-order valence-electron chi connectivity index (χ0n) is 13.7. The number of hydrogen-bond acceptors (Lipinski definition) is 6. The van der Waals surface area contributed by atoms with E-state index in [0.29, 0.717) is 12.3 Å². The molecule has 0 fully saturated rings. The topological polar surface area (TPSA) is 97.8 Å². The Morgan fingerprint density at radius 3 is 2.79 bits per heavy atom. The third kappa shape index (κ3) is 4.11. The van der Waals surface area contributed by atoms with E-state index in [1.54, 1.807) is 31.2 Å². The maximum atomic E-state index is 12.4. The SMILES string of the molecule is COc1ccc([N+](=O)[O-])cc1NC(=O)[C@@H](C)N(C)Cc1ccco1. The number of nitrogens with zero attached hydrogens (tertiary/aromatic N) is 2. The number of carbonyl (C=O) groups excluding carboxylic acids is 1. The van der Waals surface area contributed by atoms with E-state index in [2.05, 4.69) is 5.32 Å². The molecule has 0 radical (unpaired) electrons. The average Bonchev–Trinajstić information content (AvgIpc) is 3.06. The highest BCUT2D eigenvalue weighted by molar-refractivity contribution is 5.96. The van der Waals surface area contributed by atoms with Gasteiger partial charge in [-0.05, 0) is 32.2 Å². The van der Waals surface area contributed by atoms with Gasteiger partial charge in [0.2, 0.25) is 5.91 Å². The molecule has 0 aliphatic heterocycles. The van der Waals surface area contributed by atoms with Gasteiger partial charge in [-0.3, -0.25) is 19.8 Å². The van der Waals surface area contributed by atoms with Crippen molar-refractivity contribution < 1.29 is 18.9 Å². The predicted molar refractivity (Wildman–Crippen MR) is 87.9 cm³/mol. The van der Waals surface area contributed by atoms with Gasteiger partial charge >= 0.3 is 0 Å². The number of hydrogen-bond donors (Lipinski definition) is 1. The summed E-state index contributed by atoms with van der Waals surface area (Å²) >= 11 is 0. The molecule has 0 unspecified atom stereocenters. The summed E-state index contributed by atoms with van der Waals surface area (Å²) in [5.74, 6) is 0.794. The number of amides is 1. The molecule has 1 aromatic carbocycles. The Morgan fingerprint density at radius 2 is 2.21 bits per heavy atom. The van der Waals surface area contributed by atoms with Crippen LogP contribution in [0.25, 0.3) is 0 Å². The largest absolute Gasteiger partial charge is 0.495 e. The minimum absolute atomic E-state index is 0.123. The summed E-state index contributed by atoms with van der Waals surface area (Å²) in [5, 5.41) is 13.6. The lowest BCUT2D eigenvalue weighted by Crippen LogP contribution is -2.39. The Labute approximate surface area is 139 Å². The summed E-state index contributed by atoms with van der Waals surface area (Å²) in [6.45, 7) is 2.20. The summed E-state index contributed by atoms with van der Waals surface area (Å²) < 4.78 is 10.4. The van der Waals surface area contributed by atoms with Crippen LogP contribution >= 0.6 is 0 Å². The highest BCUT2D eigenvalue weighted by atomic mass is 16.6. The van der Waals surface area contributed by atoms with Crippen LogP contribution in [-0.2, 0) is 11.3 Å². The number of methoxy groups -OCH3 is 1. The second-order valence-corrected chi connectivity index (χ2v) is 5.30. The molecular weight excluding hydrogens is 314 g/mol. The molecule has 0 spiro atoms. The van der Waals surface area contributed by atoms with E-state index in [1.807, 2.05) is 6.07 Å². The van der Waals surface area contributed by atoms with E-state index >= 15 is 0 Å². The van der Waals surface area contributed by atoms with E-state index in [0.717, 1.165) is 5.76 Å². The lowest BCUT2D eigenvalue weighted by Gasteiger charge is -2.23. The Kier molecular flexibility index (Phi) is 5.54. The number of ether oxygens (including phenoxy) is 1. The van der Waals surface area contributed by atoms with Crippen molar-refractivity contribution >= 4 is 17.3 Å². The molecule has 1 N–H and O–H groups in total. The molecule has 8 heteroatoms. The Morgan fingerprint density at radius 1 is 1.46 bits per heavy atom. The molecule has 0 saturated heterocycles. The second kappa shape index (κ2) is 7.60. The van der Waals surface area contributed by atoms with Crippen molar-refractivity contribution in [1.29, 1.82) is 0 Å². The monoisotopic (exact) mass is 333 g/mol. The van der Waals surface area contributed by atoms with Gasteiger partial charge in [-0.15, -0.1) is 0 Å². The summed E-state index contributed by atoms with van der Waals surface area (Å²) in [7, 11) is 3.22. The first-order valence-electron chi connectivity index (χ1n) is 7.28. The van der Waals surface area contributed by atoms with Gasteiger partial charge in [0.05, 0.1) is 36.6 Å². The summed E-state index contributed by atoms with van der Waals surface area (Å²) in [4.78, 5) is 24.6. The molecule has 128 valence electrons. The average molecular weight is 333 g/mol. The van der Waals surface area contributed by atoms with Gasteiger partial charge in [0.1, 0.15) is 11.5 Å². The first-order valence-corrected chi connectivity index (χ1v) is 7.28.